The topological polar surface area (TPSA) is 27.6 Å². The Morgan fingerprint density at radius 3 is 2.69 bits per heavy atom. The van der Waals surface area contributed by atoms with Crippen molar-refractivity contribution in [1.29, 1.82) is 0 Å². The smallest absolute Gasteiger partial charge is 0.198 e. The fourth-order valence-corrected chi connectivity index (χ4v) is 1.52. The van der Waals surface area contributed by atoms with E-state index in [2.05, 4.69) is 10.3 Å². The predicted octanol–water partition coefficient (Wildman–Crippen LogP) is 3.28. The molecule has 1 N–H and O–H groups in total. The standard InChI is InChI=1S/C10H11Cl2N3S/c1-15(2)6-13-10(16)14-9-4-3-7(11)5-8(9)12/h3-6H,1-2H3,(H,14,16)/b13-6+. The number of benzene rings is 1. The molecule has 0 aliphatic carbocycles. The van der Waals surface area contributed by atoms with E-state index in [-0.39, 0.29) is 0 Å². The van der Waals surface area contributed by atoms with E-state index in [1.54, 1.807) is 29.4 Å². The van der Waals surface area contributed by atoms with Crippen LogP contribution in [0.5, 0.6) is 0 Å². The molecule has 0 spiro atoms. The molecule has 0 fully saturated rings. The molecule has 16 heavy (non-hydrogen) atoms. The molecule has 6 heteroatoms. The molecule has 1 aromatic carbocycles. The Balaban J connectivity index is 2.70. The van der Waals surface area contributed by atoms with Crippen LogP contribution in [0.15, 0.2) is 23.2 Å². The van der Waals surface area contributed by atoms with Gasteiger partial charge in [-0.3, -0.25) is 0 Å². The minimum atomic E-state index is 0.345. The Labute approximate surface area is 110 Å². The largest absolute Gasteiger partial charge is 0.369 e. The molecule has 0 heterocycles. The second-order valence-electron chi connectivity index (χ2n) is 3.26. The summed E-state index contributed by atoms with van der Waals surface area (Å²) < 4.78 is 0. The average Bonchev–Trinajstić information content (AvgIpc) is 2.19. The molecule has 0 saturated carbocycles. The highest BCUT2D eigenvalue weighted by Crippen LogP contribution is 2.25. The zero-order valence-electron chi connectivity index (χ0n) is 8.87. The quantitative estimate of drug-likeness (QED) is 0.510. The lowest BCUT2D eigenvalue weighted by atomic mass is 10.3. The summed E-state index contributed by atoms with van der Waals surface area (Å²) in [4.78, 5) is 5.80. The second-order valence-corrected chi connectivity index (χ2v) is 4.49. The van der Waals surface area contributed by atoms with Gasteiger partial charge in [0.25, 0.3) is 0 Å². The van der Waals surface area contributed by atoms with Crippen molar-refractivity contribution in [3.63, 3.8) is 0 Å². The van der Waals surface area contributed by atoms with Gasteiger partial charge in [0.2, 0.25) is 0 Å². The molecule has 3 nitrogen and oxygen atoms in total. The average molecular weight is 276 g/mol. The molecule has 0 bridgehead atoms. The number of hydrogen-bond acceptors (Lipinski definition) is 1. The first-order valence-corrected chi connectivity index (χ1v) is 5.62. The third-order valence-corrected chi connectivity index (χ3v) is 2.33. The molecule has 0 aromatic heterocycles. The number of nitrogens with zero attached hydrogens (tertiary/aromatic N) is 2. The van der Waals surface area contributed by atoms with Gasteiger partial charge in [0.15, 0.2) is 5.11 Å². The first-order valence-electron chi connectivity index (χ1n) is 4.45. The van der Waals surface area contributed by atoms with Crippen LogP contribution in [-0.4, -0.2) is 30.4 Å². The van der Waals surface area contributed by atoms with Gasteiger partial charge in [0.1, 0.15) is 0 Å². The van der Waals surface area contributed by atoms with E-state index < -0.39 is 0 Å². The molecule has 0 aliphatic heterocycles. The van der Waals surface area contributed by atoms with Crippen LogP contribution in [0, 0.1) is 0 Å². The third kappa shape index (κ3) is 4.35. The molecule has 0 radical (unpaired) electrons. The maximum absolute atomic E-state index is 5.97. The van der Waals surface area contributed by atoms with Crippen molar-refractivity contribution in [2.45, 2.75) is 0 Å². The molecular weight excluding hydrogens is 265 g/mol. The zero-order valence-corrected chi connectivity index (χ0v) is 11.2. The number of aliphatic imine (C=N–C) groups is 1. The van der Waals surface area contributed by atoms with Crippen LogP contribution < -0.4 is 5.32 Å². The summed E-state index contributed by atoms with van der Waals surface area (Å²) in [6.07, 6.45) is 1.61. The minimum Gasteiger partial charge on any atom is -0.369 e. The Kier molecular flexibility index (Phi) is 4.99. The van der Waals surface area contributed by atoms with Gasteiger partial charge in [-0.25, -0.2) is 4.99 Å². The number of hydrogen-bond donors (Lipinski definition) is 1. The molecule has 86 valence electrons. The molecule has 0 unspecified atom stereocenters. The van der Waals surface area contributed by atoms with Crippen LogP contribution in [0.1, 0.15) is 0 Å². The molecule has 0 atom stereocenters. The first-order chi connectivity index (χ1) is 7.49. The fraction of sp³-hybridized carbons (Fsp3) is 0.200. The summed E-state index contributed by atoms with van der Waals surface area (Å²) in [6.45, 7) is 0. The normalized spacial score (nSPS) is 10.5. The molecular formula is C10H11Cl2N3S. The van der Waals surface area contributed by atoms with Gasteiger partial charge in [-0.1, -0.05) is 23.2 Å². The number of thiocarbonyl (C=S) groups is 1. The highest BCUT2D eigenvalue weighted by molar-refractivity contribution is 7.80. The van der Waals surface area contributed by atoms with E-state index in [0.717, 1.165) is 0 Å². The summed E-state index contributed by atoms with van der Waals surface area (Å²) in [6, 6.07) is 5.12. The SMILES string of the molecule is CN(C)/C=N/C(=S)Nc1ccc(Cl)cc1Cl. The van der Waals surface area contributed by atoms with E-state index in [9.17, 15) is 0 Å². The monoisotopic (exact) mass is 275 g/mol. The van der Waals surface area contributed by atoms with Crippen LogP contribution >= 0.6 is 35.4 Å². The van der Waals surface area contributed by atoms with E-state index in [4.69, 9.17) is 35.4 Å². The maximum atomic E-state index is 5.97. The van der Waals surface area contributed by atoms with Gasteiger partial charge in [-0.05, 0) is 30.4 Å². The van der Waals surface area contributed by atoms with Crippen LogP contribution in [-0.2, 0) is 0 Å². The summed E-state index contributed by atoms with van der Waals surface area (Å²) in [5.74, 6) is 0. The molecule has 1 aromatic rings. The molecule has 0 aliphatic rings. The van der Waals surface area contributed by atoms with E-state index >= 15 is 0 Å². The van der Waals surface area contributed by atoms with Crippen molar-refractivity contribution in [2.75, 3.05) is 19.4 Å². The van der Waals surface area contributed by atoms with Gasteiger partial charge >= 0.3 is 0 Å². The number of halogens is 2. The number of rotatable bonds is 2. The van der Waals surface area contributed by atoms with Gasteiger partial charge in [-0.2, -0.15) is 0 Å². The van der Waals surface area contributed by atoms with Gasteiger partial charge in [0, 0.05) is 19.1 Å². The Morgan fingerprint density at radius 1 is 1.44 bits per heavy atom. The van der Waals surface area contributed by atoms with Crippen molar-refractivity contribution in [3.05, 3.63) is 28.2 Å². The fourth-order valence-electron chi connectivity index (χ4n) is 0.906. The van der Waals surface area contributed by atoms with Crippen molar-refractivity contribution in [2.24, 2.45) is 4.99 Å². The predicted molar refractivity (Wildman–Crippen MR) is 74.9 cm³/mol. The van der Waals surface area contributed by atoms with E-state index in [1.807, 2.05) is 14.1 Å². The summed E-state index contributed by atoms with van der Waals surface area (Å²) >= 11 is 16.8. The third-order valence-electron chi connectivity index (χ3n) is 1.58. The van der Waals surface area contributed by atoms with Crippen molar-refractivity contribution in [3.8, 4) is 0 Å². The van der Waals surface area contributed by atoms with Gasteiger partial charge in [0.05, 0.1) is 17.0 Å². The van der Waals surface area contributed by atoms with Crippen LogP contribution in [0.2, 0.25) is 10.0 Å². The van der Waals surface area contributed by atoms with Crippen molar-refractivity contribution < 1.29 is 0 Å². The lowest BCUT2D eigenvalue weighted by Crippen LogP contribution is -2.12. The lowest BCUT2D eigenvalue weighted by molar-refractivity contribution is 0.644. The first kappa shape index (κ1) is 13.2. The van der Waals surface area contributed by atoms with Gasteiger partial charge < -0.3 is 10.2 Å². The zero-order chi connectivity index (χ0) is 12.1. The molecule has 0 saturated heterocycles. The highest BCUT2D eigenvalue weighted by Gasteiger charge is 2.02. The lowest BCUT2D eigenvalue weighted by Gasteiger charge is -2.07. The summed E-state index contributed by atoms with van der Waals surface area (Å²) in [5.41, 5.74) is 0.687. The van der Waals surface area contributed by atoms with Crippen LogP contribution in [0.4, 0.5) is 5.69 Å². The van der Waals surface area contributed by atoms with Crippen LogP contribution in [0.25, 0.3) is 0 Å². The van der Waals surface area contributed by atoms with Crippen molar-refractivity contribution in [1.82, 2.24) is 4.90 Å². The van der Waals surface area contributed by atoms with E-state index in [1.165, 1.54) is 0 Å². The summed E-state index contributed by atoms with van der Waals surface area (Å²) in [7, 11) is 3.72. The number of anilines is 1. The van der Waals surface area contributed by atoms with Gasteiger partial charge in [-0.15, -0.1) is 0 Å². The minimum absolute atomic E-state index is 0.345. The Hall–Kier alpha value is -0.840. The number of nitrogens with one attached hydrogen (secondary N) is 1. The van der Waals surface area contributed by atoms with Crippen molar-refractivity contribution >= 4 is 52.6 Å². The summed E-state index contributed by atoms with van der Waals surface area (Å²) in [5, 5.41) is 4.35. The Morgan fingerprint density at radius 2 is 2.12 bits per heavy atom. The Bertz CT molecular complexity index is 419. The van der Waals surface area contributed by atoms with E-state index in [0.29, 0.717) is 20.8 Å². The maximum Gasteiger partial charge on any atom is 0.198 e. The van der Waals surface area contributed by atoms with Crippen LogP contribution in [0.3, 0.4) is 0 Å². The highest BCUT2D eigenvalue weighted by atomic mass is 35.5. The second kappa shape index (κ2) is 6.03. The molecule has 1 rings (SSSR count). The molecule has 0 amide bonds.